The lowest BCUT2D eigenvalue weighted by molar-refractivity contribution is -0.147. The molecule has 0 unspecified atom stereocenters. The molecule has 1 N–H and O–H groups in total. The van der Waals surface area contributed by atoms with Gasteiger partial charge >= 0.3 is 5.97 Å². The second-order valence-corrected chi connectivity index (χ2v) is 8.99. The third-order valence-corrected chi connectivity index (χ3v) is 6.31. The van der Waals surface area contributed by atoms with Gasteiger partial charge in [0.25, 0.3) is 0 Å². The van der Waals surface area contributed by atoms with Gasteiger partial charge in [0.2, 0.25) is 10.0 Å². The van der Waals surface area contributed by atoms with Gasteiger partial charge in [0.05, 0.1) is 4.90 Å². The Bertz CT molecular complexity index is 867. The molecule has 0 aliphatic heterocycles. The zero-order valence-electron chi connectivity index (χ0n) is 15.8. The summed E-state index contributed by atoms with van der Waals surface area (Å²) in [4.78, 5) is 12.7. The SMILES string of the molecule is CSCC[C@H](NS(=O)(=O)c1cc(C)ccc1C)C(=O)OCc1ccccc1. The van der Waals surface area contributed by atoms with Crippen molar-refractivity contribution in [3.8, 4) is 0 Å². The van der Waals surface area contributed by atoms with E-state index in [1.54, 1.807) is 30.8 Å². The molecule has 0 fully saturated rings. The Balaban J connectivity index is 2.14. The lowest BCUT2D eigenvalue weighted by Crippen LogP contribution is -2.42. The highest BCUT2D eigenvalue weighted by Gasteiger charge is 2.27. The Morgan fingerprint density at radius 3 is 2.52 bits per heavy atom. The first kappa shape index (κ1) is 21.5. The van der Waals surface area contributed by atoms with Crippen LogP contribution in [0.5, 0.6) is 0 Å². The molecule has 0 radical (unpaired) electrons. The van der Waals surface area contributed by atoms with Crippen LogP contribution in [0.1, 0.15) is 23.1 Å². The zero-order chi connectivity index (χ0) is 19.9. The number of esters is 1. The number of nitrogens with one attached hydrogen (secondary N) is 1. The number of thioether (sulfide) groups is 1. The zero-order valence-corrected chi connectivity index (χ0v) is 17.4. The van der Waals surface area contributed by atoms with Crippen LogP contribution in [0.4, 0.5) is 0 Å². The summed E-state index contributed by atoms with van der Waals surface area (Å²) in [6, 6.07) is 13.6. The smallest absolute Gasteiger partial charge is 0.324 e. The Hall–Kier alpha value is -1.83. The minimum absolute atomic E-state index is 0.112. The standard InChI is InChI=1S/C20H25NO4S2/c1-15-9-10-16(2)19(13-15)27(23,24)21-18(11-12-26-3)20(22)25-14-17-7-5-4-6-8-17/h4-10,13,18,21H,11-12,14H2,1-3H3/t18-/m0/s1. The van der Waals surface area contributed by atoms with E-state index in [9.17, 15) is 13.2 Å². The maximum absolute atomic E-state index is 12.8. The molecular formula is C20H25NO4S2. The molecule has 146 valence electrons. The molecule has 0 saturated heterocycles. The van der Waals surface area contributed by atoms with Gasteiger partial charge in [-0.3, -0.25) is 4.79 Å². The maximum Gasteiger partial charge on any atom is 0.324 e. The number of aryl methyl sites for hydroxylation is 2. The van der Waals surface area contributed by atoms with Gasteiger partial charge in [-0.15, -0.1) is 0 Å². The number of hydrogen-bond acceptors (Lipinski definition) is 5. The summed E-state index contributed by atoms with van der Waals surface area (Å²) in [5.74, 6) is 0.0715. The van der Waals surface area contributed by atoms with Crippen LogP contribution in [0.25, 0.3) is 0 Å². The summed E-state index contributed by atoms with van der Waals surface area (Å²) in [6.07, 6.45) is 2.27. The van der Waals surface area contributed by atoms with Crippen molar-refractivity contribution < 1.29 is 17.9 Å². The topological polar surface area (TPSA) is 72.5 Å². The van der Waals surface area contributed by atoms with Gasteiger partial charge in [0.15, 0.2) is 0 Å². The van der Waals surface area contributed by atoms with Crippen molar-refractivity contribution in [3.05, 3.63) is 65.2 Å². The molecule has 5 nitrogen and oxygen atoms in total. The summed E-state index contributed by atoms with van der Waals surface area (Å²) < 4.78 is 33.5. The average Bonchev–Trinajstić information content (AvgIpc) is 2.65. The van der Waals surface area contributed by atoms with Crippen molar-refractivity contribution in [1.82, 2.24) is 4.72 Å². The van der Waals surface area contributed by atoms with Crippen molar-refractivity contribution in [2.75, 3.05) is 12.0 Å². The minimum atomic E-state index is -3.83. The molecule has 0 aromatic heterocycles. The second kappa shape index (κ2) is 9.92. The molecule has 2 aromatic rings. The summed E-state index contributed by atoms with van der Waals surface area (Å²) in [5, 5.41) is 0. The number of sulfonamides is 1. The van der Waals surface area contributed by atoms with E-state index in [1.807, 2.05) is 49.6 Å². The van der Waals surface area contributed by atoms with Crippen molar-refractivity contribution in [2.45, 2.75) is 37.8 Å². The molecule has 0 aliphatic carbocycles. The summed E-state index contributed by atoms with van der Waals surface area (Å²) in [5.41, 5.74) is 2.33. The number of ether oxygens (including phenoxy) is 1. The lowest BCUT2D eigenvalue weighted by Gasteiger charge is -2.18. The van der Waals surface area contributed by atoms with E-state index in [-0.39, 0.29) is 11.5 Å². The van der Waals surface area contributed by atoms with Crippen LogP contribution in [0.3, 0.4) is 0 Å². The first-order valence-electron chi connectivity index (χ1n) is 8.62. The van der Waals surface area contributed by atoms with E-state index < -0.39 is 22.0 Å². The molecule has 1 atom stereocenters. The summed E-state index contributed by atoms with van der Waals surface area (Å²) in [7, 11) is -3.83. The fourth-order valence-corrected chi connectivity index (χ4v) is 4.56. The molecule has 0 saturated carbocycles. The van der Waals surface area contributed by atoms with Gasteiger partial charge < -0.3 is 4.74 Å². The molecule has 0 heterocycles. The molecule has 0 bridgehead atoms. The van der Waals surface area contributed by atoms with Crippen LogP contribution in [0.15, 0.2) is 53.4 Å². The van der Waals surface area contributed by atoms with Gasteiger partial charge in [-0.25, -0.2) is 8.42 Å². The fraction of sp³-hybridized carbons (Fsp3) is 0.350. The third kappa shape index (κ3) is 6.37. The quantitative estimate of drug-likeness (QED) is 0.645. The van der Waals surface area contributed by atoms with Gasteiger partial charge in [0.1, 0.15) is 12.6 Å². The largest absolute Gasteiger partial charge is 0.460 e. The normalized spacial score (nSPS) is 12.6. The van der Waals surface area contributed by atoms with Gasteiger partial charge in [0, 0.05) is 0 Å². The van der Waals surface area contributed by atoms with Crippen LogP contribution in [0.2, 0.25) is 0 Å². The maximum atomic E-state index is 12.8. The van der Waals surface area contributed by atoms with E-state index in [0.717, 1.165) is 11.1 Å². The monoisotopic (exact) mass is 407 g/mol. The highest BCUT2D eigenvalue weighted by Crippen LogP contribution is 2.18. The fourth-order valence-electron chi connectivity index (χ4n) is 2.54. The number of carbonyl (C=O) groups excluding carboxylic acids is 1. The van der Waals surface area contributed by atoms with Crippen molar-refractivity contribution in [1.29, 1.82) is 0 Å². The first-order valence-corrected chi connectivity index (χ1v) is 11.5. The van der Waals surface area contributed by atoms with Crippen molar-refractivity contribution in [2.24, 2.45) is 0 Å². The van der Waals surface area contributed by atoms with E-state index in [1.165, 1.54) is 0 Å². The highest BCUT2D eigenvalue weighted by atomic mass is 32.2. The minimum Gasteiger partial charge on any atom is -0.460 e. The number of rotatable bonds is 9. The van der Waals surface area contributed by atoms with E-state index in [2.05, 4.69) is 4.72 Å². The molecular weight excluding hydrogens is 382 g/mol. The van der Waals surface area contributed by atoms with Crippen LogP contribution < -0.4 is 4.72 Å². The molecule has 0 spiro atoms. The van der Waals surface area contributed by atoms with E-state index in [4.69, 9.17) is 4.74 Å². The molecule has 2 rings (SSSR count). The Morgan fingerprint density at radius 1 is 1.15 bits per heavy atom. The third-order valence-electron chi connectivity index (χ3n) is 4.05. The summed E-state index contributed by atoms with van der Waals surface area (Å²) in [6.45, 7) is 3.68. The van der Waals surface area contributed by atoms with Crippen LogP contribution in [-0.2, 0) is 26.2 Å². The Kier molecular flexibility index (Phi) is 7.89. The number of carbonyl (C=O) groups is 1. The molecule has 7 heteroatoms. The number of hydrogen-bond donors (Lipinski definition) is 1. The molecule has 27 heavy (non-hydrogen) atoms. The summed E-state index contributed by atoms with van der Waals surface area (Å²) >= 11 is 1.55. The average molecular weight is 408 g/mol. The van der Waals surface area contributed by atoms with E-state index in [0.29, 0.717) is 17.7 Å². The van der Waals surface area contributed by atoms with Crippen molar-refractivity contribution >= 4 is 27.8 Å². The van der Waals surface area contributed by atoms with Crippen LogP contribution in [0, 0.1) is 13.8 Å². The lowest BCUT2D eigenvalue weighted by atomic mass is 10.2. The second-order valence-electron chi connectivity index (χ2n) is 6.32. The highest BCUT2D eigenvalue weighted by molar-refractivity contribution is 7.98. The van der Waals surface area contributed by atoms with Gasteiger partial charge in [-0.05, 0) is 55.0 Å². The van der Waals surface area contributed by atoms with Crippen LogP contribution >= 0.6 is 11.8 Å². The molecule has 0 amide bonds. The number of benzene rings is 2. The van der Waals surface area contributed by atoms with Gasteiger partial charge in [-0.1, -0.05) is 42.5 Å². The first-order chi connectivity index (χ1) is 12.8. The van der Waals surface area contributed by atoms with E-state index >= 15 is 0 Å². The predicted molar refractivity (Wildman–Crippen MR) is 109 cm³/mol. The Morgan fingerprint density at radius 2 is 1.85 bits per heavy atom. The van der Waals surface area contributed by atoms with Crippen molar-refractivity contribution in [3.63, 3.8) is 0 Å². The van der Waals surface area contributed by atoms with Gasteiger partial charge in [-0.2, -0.15) is 16.5 Å². The van der Waals surface area contributed by atoms with Crippen LogP contribution in [-0.4, -0.2) is 32.4 Å². The predicted octanol–water partition coefficient (Wildman–Crippen LogP) is 3.45. The Labute approximate surface area is 165 Å². The molecule has 0 aliphatic rings. The molecule has 2 aromatic carbocycles.